The van der Waals surface area contributed by atoms with E-state index in [-0.39, 0.29) is 22.6 Å². The van der Waals surface area contributed by atoms with E-state index in [9.17, 15) is 13.2 Å². The minimum atomic E-state index is -4.06. The first-order valence-electron chi connectivity index (χ1n) is 5.70. The number of aromatic nitrogens is 2. The third-order valence-electron chi connectivity index (χ3n) is 2.68. The van der Waals surface area contributed by atoms with Gasteiger partial charge < -0.3 is 9.47 Å². The van der Waals surface area contributed by atoms with Gasteiger partial charge in [-0.3, -0.25) is 5.10 Å². The molecule has 1 aliphatic rings. The maximum Gasteiger partial charge on any atom is 0.360 e. The zero-order valence-electron chi connectivity index (χ0n) is 10.5. The fourth-order valence-electron chi connectivity index (χ4n) is 1.65. The van der Waals surface area contributed by atoms with Crippen LogP contribution < -0.4 is 5.14 Å². The number of H-pyrrole nitrogens is 1. The number of rotatable bonds is 4. The Hall–Kier alpha value is -1.45. The number of nitrogens with one attached hydrogen (secondary N) is 1. The molecule has 8 nitrogen and oxygen atoms in total. The molecular formula is C10H15N3O5S. The van der Waals surface area contributed by atoms with Crippen molar-refractivity contribution in [1.29, 1.82) is 0 Å². The highest BCUT2D eigenvalue weighted by Gasteiger charge is 2.32. The van der Waals surface area contributed by atoms with Crippen molar-refractivity contribution in [2.24, 2.45) is 5.14 Å². The Morgan fingerprint density at radius 2 is 2.16 bits per heavy atom. The van der Waals surface area contributed by atoms with Crippen molar-refractivity contribution < 1.29 is 22.7 Å². The van der Waals surface area contributed by atoms with Crippen molar-refractivity contribution in [3.05, 3.63) is 11.4 Å². The minimum Gasteiger partial charge on any atom is -0.453 e. The van der Waals surface area contributed by atoms with Crippen LogP contribution in [-0.4, -0.2) is 43.9 Å². The first-order chi connectivity index (χ1) is 8.80. The normalized spacial score (nSPS) is 16.4. The van der Waals surface area contributed by atoms with E-state index in [1.54, 1.807) is 13.8 Å². The van der Waals surface area contributed by atoms with Crippen LogP contribution >= 0.6 is 0 Å². The molecule has 0 aromatic carbocycles. The van der Waals surface area contributed by atoms with Gasteiger partial charge in [0.05, 0.1) is 18.9 Å². The molecule has 1 fully saturated rings. The predicted molar refractivity (Wildman–Crippen MR) is 64.1 cm³/mol. The number of nitrogens with two attached hydrogens (primary N) is 1. The second kappa shape index (κ2) is 4.91. The molecule has 2 heterocycles. The highest BCUT2D eigenvalue weighted by Crippen LogP contribution is 2.24. The molecule has 9 heteroatoms. The number of esters is 1. The number of nitrogens with zero attached hydrogens (tertiary/aromatic N) is 1. The molecule has 0 radical (unpaired) electrons. The van der Waals surface area contributed by atoms with E-state index in [1.165, 1.54) is 0 Å². The highest BCUT2D eigenvalue weighted by atomic mass is 32.2. The first kappa shape index (κ1) is 14.0. The summed E-state index contributed by atoms with van der Waals surface area (Å²) in [6, 6.07) is 0. The maximum atomic E-state index is 11.9. The number of carbonyl (C=O) groups excluding carboxylic acids is 1. The largest absolute Gasteiger partial charge is 0.453 e. The molecule has 0 spiro atoms. The lowest BCUT2D eigenvalue weighted by atomic mass is 10.1. The SMILES string of the molecule is CC(C)c1[nH]nc(C(=O)OC2COC2)c1S(N)(=O)=O. The Kier molecular flexibility index (Phi) is 3.61. The summed E-state index contributed by atoms with van der Waals surface area (Å²) in [7, 11) is -4.06. The molecule has 0 amide bonds. The molecule has 1 saturated heterocycles. The third kappa shape index (κ3) is 2.77. The van der Waals surface area contributed by atoms with E-state index in [0.717, 1.165) is 0 Å². The molecule has 1 aromatic heterocycles. The van der Waals surface area contributed by atoms with Crippen molar-refractivity contribution in [3.8, 4) is 0 Å². The molecule has 106 valence electrons. The van der Waals surface area contributed by atoms with Crippen molar-refractivity contribution in [3.63, 3.8) is 0 Å². The maximum absolute atomic E-state index is 11.9. The number of carbonyl (C=O) groups is 1. The van der Waals surface area contributed by atoms with Gasteiger partial charge in [-0.1, -0.05) is 13.8 Å². The van der Waals surface area contributed by atoms with Gasteiger partial charge >= 0.3 is 5.97 Å². The number of primary sulfonamides is 1. The van der Waals surface area contributed by atoms with Gasteiger partial charge in [0.25, 0.3) is 0 Å². The van der Waals surface area contributed by atoms with E-state index in [0.29, 0.717) is 18.9 Å². The molecule has 0 aliphatic carbocycles. The number of hydrogen-bond acceptors (Lipinski definition) is 6. The summed E-state index contributed by atoms with van der Waals surface area (Å²) in [4.78, 5) is 11.6. The van der Waals surface area contributed by atoms with E-state index in [4.69, 9.17) is 14.6 Å². The second-order valence-electron chi connectivity index (χ2n) is 4.58. The number of hydrogen-bond donors (Lipinski definition) is 2. The predicted octanol–water partition coefficient (Wildman–Crippen LogP) is -0.264. The van der Waals surface area contributed by atoms with E-state index in [1.807, 2.05) is 0 Å². The zero-order valence-corrected chi connectivity index (χ0v) is 11.4. The Balaban J connectivity index is 2.37. The minimum absolute atomic E-state index is 0.172. The topological polar surface area (TPSA) is 124 Å². The lowest BCUT2D eigenvalue weighted by Crippen LogP contribution is -2.38. The quantitative estimate of drug-likeness (QED) is 0.735. The van der Waals surface area contributed by atoms with Crippen LogP contribution in [0.25, 0.3) is 0 Å². The molecule has 0 atom stereocenters. The van der Waals surface area contributed by atoms with Crippen LogP contribution in [0.1, 0.15) is 35.9 Å². The van der Waals surface area contributed by atoms with Crippen LogP contribution in [-0.2, 0) is 19.5 Å². The standard InChI is InChI=1S/C10H15N3O5S/c1-5(2)7-9(19(11,15)16)8(13-12-7)10(14)18-6-3-17-4-6/h5-6H,3-4H2,1-2H3,(H,12,13)(H2,11,15,16). The summed E-state index contributed by atoms with van der Waals surface area (Å²) in [5.74, 6) is -0.991. The molecule has 0 saturated carbocycles. The molecule has 2 rings (SSSR count). The summed E-state index contributed by atoms with van der Waals surface area (Å²) in [6.45, 7) is 4.13. The fraction of sp³-hybridized carbons (Fsp3) is 0.600. The summed E-state index contributed by atoms with van der Waals surface area (Å²) in [5.41, 5.74) is -0.0163. The monoisotopic (exact) mass is 289 g/mol. The molecule has 3 N–H and O–H groups in total. The van der Waals surface area contributed by atoms with Crippen molar-refractivity contribution in [1.82, 2.24) is 10.2 Å². The van der Waals surface area contributed by atoms with Gasteiger partial charge in [0, 0.05) is 0 Å². The van der Waals surface area contributed by atoms with Crippen molar-refractivity contribution in [2.45, 2.75) is 30.8 Å². The van der Waals surface area contributed by atoms with Gasteiger partial charge in [0.15, 0.2) is 5.69 Å². The highest BCUT2D eigenvalue weighted by molar-refractivity contribution is 7.89. The van der Waals surface area contributed by atoms with Crippen LogP contribution in [0.2, 0.25) is 0 Å². The van der Waals surface area contributed by atoms with Gasteiger partial charge in [0.2, 0.25) is 10.0 Å². The Bertz CT molecular complexity index is 588. The summed E-state index contributed by atoms with van der Waals surface area (Å²) in [6.07, 6.45) is -0.361. The Labute approximate surface area is 110 Å². The van der Waals surface area contributed by atoms with E-state index >= 15 is 0 Å². The number of sulfonamides is 1. The summed E-state index contributed by atoms with van der Waals surface area (Å²) in [5, 5.41) is 11.4. The van der Waals surface area contributed by atoms with Gasteiger partial charge in [0.1, 0.15) is 11.0 Å². The number of aromatic amines is 1. The Morgan fingerprint density at radius 1 is 1.53 bits per heavy atom. The van der Waals surface area contributed by atoms with Gasteiger partial charge in [-0.15, -0.1) is 0 Å². The summed E-state index contributed by atoms with van der Waals surface area (Å²) < 4.78 is 33.1. The van der Waals surface area contributed by atoms with Crippen molar-refractivity contribution >= 4 is 16.0 Å². The van der Waals surface area contributed by atoms with E-state index < -0.39 is 16.0 Å². The Morgan fingerprint density at radius 3 is 2.58 bits per heavy atom. The van der Waals surface area contributed by atoms with Crippen LogP contribution in [0.4, 0.5) is 0 Å². The number of ether oxygens (including phenoxy) is 2. The van der Waals surface area contributed by atoms with Gasteiger partial charge in [-0.05, 0) is 5.92 Å². The molecular weight excluding hydrogens is 274 g/mol. The van der Waals surface area contributed by atoms with Crippen molar-refractivity contribution in [2.75, 3.05) is 13.2 Å². The van der Waals surface area contributed by atoms with Gasteiger partial charge in [-0.25, -0.2) is 18.4 Å². The zero-order chi connectivity index (χ0) is 14.2. The average molecular weight is 289 g/mol. The average Bonchev–Trinajstić information content (AvgIpc) is 2.67. The van der Waals surface area contributed by atoms with Crippen LogP contribution in [0, 0.1) is 0 Å². The fourth-order valence-corrected chi connectivity index (χ4v) is 2.64. The van der Waals surface area contributed by atoms with Crippen LogP contribution in [0.5, 0.6) is 0 Å². The molecule has 19 heavy (non-hydrogen) atoms. The summed E-state index contributed by atoms with van der Waals surface area (Å²) >= 11 is 0. The third-order valence-corrected chi connectivity index (χ3v) is 3.67. The molecule has 0 unspecified atom stereocenters. The smallest absolute Gasteiger partial charge is 0.360 e. The van der Waals surface area contributed by atoms with Crippen LogP contribution in [0.3, 0.4) is 0 Å². The molecule has 1 aliphatic heterocycles. The molecule has 1 aromatic rings. The lowest BCUT2D eigenvalue weighted by Gasteiger charge is -2.25. The first-order valence-corrected chi connectivity index (χ1v) is 7.25. The molecule has 0 bridgehead atoms. The second-order valence-corrected chi connectivity index (χ2v) is 6.08. The van der Waals surface area contributed by atoms with Crippen LogP contribution in [0.15, 0.2) is 4.90 Å². The van der Waals surface area contributed by atoms with E-state index in [2.05, 4.69) is 10.2 Å². The lowest BCUT2D eigenvalue weighted by molar-refractivity contribution is -0.103. The van der Waals surface area contributed by atoms with Gasteiger partial charge in [-0.2, -0.15) is 5.10 Å².